The molecule has 1 atom stereocenters. The molecule has 1 unspecified atom stereocenters. The predicted molar refractivity (Wildman–Crippen MR) is 320 cm³/mol. The Bertz CT molecular complexity index is 3660. The molecule has 0 fully saturated rings. The highest BCUT2D eigenvalue weighted by molar-refractivity contribution is 6.10. The summed E-state index contributed by atoms with van der Waals surface area (Å²) in [6.45, 7) is 15.4. The van der Waals surface area contributed by atoms with Crippen LogP contribution in [0.15, 0.2) is 213 Å². The highest BCUT2D eigenvalue weighted by Crippen LogP contribution is 2.46. The Kier molecular flexibility index (Phi) is 14.5. The zero-order chi connectivity index (χ0) is 53.9. The fraction of sp³-hybridized carbons (Fsp3) is 0.284. The second-order valence-corrected chi connectivity index (χ2v) is 22.2. The van der Waals surface area contributed by atoms with Gasteiger partial charge in [0.05, 0.1) is 28.2 Å². The normalized spacial score (nSPS) is 19.3. The Morgan fingerprint density at radius 3 is 2.03 bits per heavy atom. The van der Waals surface area contributed by atoms with Crippen molar-refractivity contribution < 1.29 is 14.1 Å². The molecule has 4 N–H and O–H groups in total. The molecule has 0 spiro atoms. The maximum absolute atomic E-state index is 13.3. The molecule has 7 aromatic rings. The third-order valence-electron chi connectivity index (χ3n) is 16.0. The van der Waals surface area contributed by atoms with Gasteiger partial charge in [-0.1, -0.05) is 123 Å². The maximum atomic E-state index is 13.3. The van der Waals surface area contributed by atoms with Crippen LogP contribution in [0.1, 0.15) is 97.6 Å². The van der Waals surface area contributed by atoms with Gasteiger partial charge in [-0.15, -0.1) is 15.3 Å². The molecule has 7 aromatic carbocycles. The Morgan fingerprint density at radius 1 is 0.628 bits per heavy atom. The fourth-order valence-electron chi connectivity index (χ4n) is 11.8. The molecule has 0 bridgehead atoms. The van der Waals surface area contributed by atoms with Gasteiger partial charge in [0.1, 0.15) is 18.8 Å². The van der Waals surface area contributed by atoms with Gasteiger partial charge < -0.3 is 26.0 Å². The molecule has 4 aliphatic rings. The van der Waals surface area contributed by atoms with Crippen LogP contribution in [0.2, 0.25) is 0 Å². The molecule has 3 aliphatic heterocycles. The monoisotopic (exact) mass is 1030 g/mol. The molecular weight excluding hydrogens is 963 g/mol. The number of carbonyl (C=O) groups is 1. The van der Waals surface area contributed by atoms with Gasteiger partial charge in [-0.05, 0) is 131 Å². The lowest BCUT2D eigenvalue weighted by Crippen LogP contribution is -2.49. The summed E-state index contributed by atoms with van der Waals surface area (Å²) in [5.74, 6) is -0.200. The van der Waals surface area contributed by atoms with Crippen LogP contribution in [0.5, 0.6) is 0 Å². The van der Waals surface area contributed by atoms with E-state index in [-0.39, 0.29) is 23.4 Å². The Hall–Kier alpha value is -8.44. The lowest BCUT2D eigenvalue weighted by Gasteiger charge is -2.38. The number of allylic oxidation sites excluding steroid dienone is 7. The number of carbonyl (C=O) groups excluding carboxylic acids is 1. The minimum Gasteiger partial charge on any atom is -0.461 e. The number of hydrogen-bond acceptors (Lipinski definition) is 10. The van der Waals surface area contributed by atoms with Crippen molar-refractivity contribution in [2.75, 3.05) is 35.6 Å². The lowest BCUT2D eigenvalue weighted by atomic mass is 9.81. The summed E-state index contributed by atoms with van der Waals surface area (Å²) in [6, 6.07) is 49.2. The number of ether oxygens (including phenoxy) is 1. The van der Waals surface area contributed by atoms with Crippen molar-refractivity contribution in [1.29, 1.82) is 0 Å². The van der Waals surface area contributed by atoms with E-state index in [1.54, 1.807) is 0 Å². The number of azo groups is 2. The number of hydrogen-bond donors (Lipinski definition) is 4. The summed E-state index contributed by atoms with van der Waals surface area (Å²) < 4.78 is 8.45. The molecule has 11 rings (SSSR count). The van der Waals surface area contributed by atoms with Crippen molar-refractivity contribution >= 4 is 78.7 Å². The van der Waals surface area contributed by atoms with E-state index in [9.17, 15) is 4.79 Å². The van der Waals surface area contributed by atoms with E-state index in [0.29, 0.717) is 6.42 Å². The summed E-state index contributed by atoms with van der Waals surface area (Å²) in [4.78, 5) is 13.3. The SMILES string of the molecule is CC[N+]1=C(/C=C/C2=C(NCCCCCC(=O)OCC3(C)Nc4cccc5c(N=Nc6ccc(N=Nc7ccccc7)c7ccccc67)ccc(c45)N3)C(=C/C=C3/Nc4ccccc4C3(C)C)/CCC2)C(C)(C)c2ccccc21. The van der Waals surface area contributed by atoms with Crippen molar-refractivity contribution in [3.8, 4) is 0 Å². The molecule has 78 heavy (non-hydrogen) atoms. The number of rotatable bonds is 17. The third kappa shape index (κ3) is 10.4. The summed E-state index contributed by atoms with van der Waals surface area (Å²) in [6.07, 6.45) is 15.4. The largest absolute Gasteiger partial charge is 0.461 e. The van der Waals surface area contributed by atoms with E-state index in [1.165, 1.54) is 50.8 Å². The minimum atomic E-state index is -0.720. The molecule has 11 heteroatoms. The zero-order valence-electron chi connectivity index (χ0n) is 45.8. The van der Waals surface area contributed by atoms with Gasteiger partial charge in [-0.2, -0.15) is 9.69 Å². The molecule has 0 saturated carbocycles. The van der Waals surface area contributed by atoms with Gasteiger partial charge in [0.25, 0.3) is 0 Å². The average molecular weight is 1030 g/mol. The van der Waals surface area contributed by atoms with Crippen molar-refractivity contribution in [3.05, 3.63) is 204 Å². The summed E-state index contributed by atoms with van der Waals surface area (Å²) >= 11 is 0. The molecule has 394 valence electrons. The molecule has 0 aromatic heterocycles. The minimum absolute atomic E-state index is 0.101. The Labute approximate surface area is 458 Å². The van der Waals surface area contributed by atoms with E-state index in [4.69, 9.17) is 15.0 Å². The fourth-order valence-corrected chi connectivity index (χ4v) is 11.8. The van der Waals surface area contributed by atoms with Crippen molar-refractivity contribution in [2.24, 2.45) is 20.5 Å². The van der Waals surface area contributed by atoms with Crippen molar-refractivity contribution in [1.82, 2.24) is 5.32 Å². The number of esters is 1. The Balaban J connectivity index is 0.718. The van der Waals surface area contributed by atoms with E-state index in [2.05, 4.69) is 156 Å². The van der Waals surface area contributed by atoms with E-state index in [0.717, 1.165) is 107 Å². The number of anilines is 3. The first kappa shape index (κ1) is 51.7. The lowest BCUT2D eigenvalue weighted by molar-refractivity contribution is -0.433. The van der Waals surface area contributed by atoms with Gasteiger partial charge in [-0.3, -0.25) is 4.79 Å². The van der Waals surface area contributed by atoms with Crippen LogP contribution in [-0.2, 0) is 20.4 Å². The molecular formula is C67H70N9O2+. The average Bonchev–Trinajstić information content (AvgIpc) is 3.97. The van der Waals surface area contributed by atoms with Gasteiger partial charge in [0.2, 0.25) is 5.69 Å². The van der Waals surface area contributed by atoms with Crippen LogP contribution in [0.25, 0.3) is 21.5 Å². The molecule has 1 aliphatic carbocycles. The number of nitrogens with zero attached hydrogens (tertiary/aromatic N) is 5. The number of fused-ring (bicyclic) bond motifs is 3. The first-order chi connectivity index (χ1) is 37.9. The van der Waals surface area contributed by atoms with E-state index in [1.807, 2.05) is 91.9 Å². The topological polar surface area (TPSA) is 127 Å². The quantitative estimate of drug-likeness (QED) is 0.0311. The van der Waals surface area contributed by atoms with Crippen LogP contribution in [0.4, 0.5) is 45.5 Å². The number of benzene rings is 7. The molecule has 3 heterocycles. The second-order valence-electron chi connectivity index (χ2n) is 22.2. The van der Waals surface area contributed by atoms with Crippen LogP contribution in [0.3, 0.4) is 0 Å². The summed E-state index contributed by atoms with van der Waals surface area (Å²) in [5, 5.41) is 37.3. The number of para-hydroxylation sites is 2. The van der Waals surface area contributed by atoms with E-state index >= 15 is 0 Å². The van der Waals surface area contributed by atoms with Gasteiger partial charge >= 0.3 is 5.97 Å². The van der Waals surface area contributed by atoms with Gasteiger partial charge in [0.15, 0.2) is 5.71 Å². The zero-order valence-corrected chi connectivity index (χ0v) is 45.8. The predicted octanol–water partition coefficient (Wildman–Crippen LogP) is 17.4. The molecule has 11 nitrogen and oxygen atoms in total. The van der Waals surface area contributed by atoms with Gasteiger partial charge in [-0.25, -0.2) is 0 Å². The van der Waals surface area contributed by atoms with Crippen LogP contribution >= 0.6 is 0 Å². The maximum Gasteiger partial charge on any atom is 0.305 e. The third-order valence-corrected chi connectivity index (χ3v) is 16.0. The van der Waals surface area contributed by atoms with Gasteiger partial charge in [0, 0.05) is 86.1 Å². The summed E-state index contributed by atoms with van der Waals surface area (Å²) in [7, 11) is 0. The van der Waals surface area contributed by atoms with E-state index < -0.39 is 5.66 Å². The van der Waals surface area contributed by atoms with Crippen LogP contribution in [-0.4, -0.2) is 41.6 Å². The second kappa shape index (κ2) is 21.9. The van der Waals surface area contributed by atoms with Crippen molar-refractivity contribution in [2.45, 2.75) is 103 Å². The number of unbranched alkanes of at least 4 members (excludes halogenated alkanes) is 2. The molecule has 0 amide bonds. The first-order valence-corrected chi connectivity index (χ1v) is 27.8. The highest BCUT2D eigenvalue weighted by Gasteiger charge is 2.43. The van der Waals surface area contributed by atoms with Crippen molar-refractivity contribution in [3.63, 3.8) is 0 Å². The molecule has 0 radical (unpaired) electrons. The van der Waals surface area contributed by atoms with Crippen LogP contribution in [0, 0.1) is 0 Å². The smallest absolute Gasteiger partial charge is 0.305 e. The molecule has 0 saturated heterocycles. The standard InChI is InChI=1S/C67H69N9O2/c1-7-76-59-33-18-16-30-52(59)66(4,5)61(76)42-36-46-23-20-22-45(35-41-60-65(2,3)51-29-15-17-31-56(51)69-60)64(46)68-43-19-9-12-34-62(77)78-44-67(6)70-57-32-21-28-50-55(39-40-58(71-67)63(50)57)75-74-54-38-37-53(48-26-13-14-27-49(48)54)73-72-47-24-10-8-11-25-47/h8,10-11,13-18,21,24-33,35-42H,7,9,12,19-20,22-23,34,43-44H2,1-6H3,(H3,68,69,70,71,72,74)/p+1. The highest BCUT2D eigenvalue weighted by atomic mass is 16.5. The summed E-state index contributed by atoms with van der Waals surface area (Å²) in [5.41, 5.74) is 15.6. The Morgan fingerprint density at radius 2 is 1.27 bits per heavy atom. The van der Waals surface area contributed by atoms with Crippen LogP contribution < -0.4 is 21.3 Å². The number of nitrogens with one attached hydrogen (secondary N) is 4. The first-order valence-electron chi connectivity index (χ1n) is 27.8.